The van der Waals surface area contributed by atoms with Crippen LogP contribution in [0, 0.1) is 6.92 Å². The van der Waals surface area contributed by atoms with Gasteiger partial charge in [0.1, 0.15) is 12.6 Å². The summed E-state index contributed by atoms with van der Waals surface area (Å²) in [5.74, 6) is -1.15. The molecule has 3 aromatic carbocycles. The first-order valence-corrected chi connectivity index (χ1v) is 11.1. The molecule has 6 nitrogen and oxygen atoms in total. The molecular formula is C27H29ClN2O4. The highest BCUT2D eigenvalue weighted by Crippen LogP contribution is 2.44. The van der Waals surface area contributed by atoms with Gasteiger partial charge in [0.25, 0.3) is 0 Å². The first kappa shape index (κ1) is 25.1. The maximum absolute atomic E-state index is 12.5. The molecule has 1 atom stereocenters. The van der Waals surface area contributed by atoms with Crippen LogP contribution in [0.25, 0.3) is 11.1 Å². The molecule has 0 spiro atoms. The number of carboxylic acids is 1. The zero-order valence-electron chi connectivity index (χ0n) is 19.2. The number of nitrogens with zero attached hydrogens (tertiary/aromatic N) is 1. The van der Waals surface area contributed by atoms with Crippen molar-refractivity contribution in [2.45, 2.75) is 25.3 Å². The Labute approximate surface area is 206 Å². The molecule has 1 aliphatic carbocycles. The summed E-state index contributed by atoms with van der Waals surface area (Å²) in [6.45, 7) is 2.63. The first-order valence-electron chi connectivity index (χ1n) is 11.1. The number of carbonyl (C=O) groups excluding carboxylic acids is 1. The van der Waals surface area contributed by atoms with E-state index in [4.69, 9.17) is 4.74 Å². The Morgan fingerprint density at radius 1 is 1.00 bits per heavy atom. The minimum atomic E-state index is -1.08. The summed E-state index contributed by atoms with van der Waals surface area (Å²) in [5, 5.41) is 12.1. The third kappa shape index (κ3) is 5.51. The Balaban J connectivity index is 0.00000324. The average Bonchev–Trinajstić information content (AvgIpc) is 3.13. The number of fused-ring (bicyclic) bond motifs is 3. The number of carbonyl (C=O) groups is 2. The van der Waals surface area contributed by atoms with Gasteiger partial charge in [-0.05, 0) is 53.3 Å². The lowest BCUT2D eigenvalue weighted by Gasteiger charge is -2.22. The second-order valence-corrected chi connectivity index (χ2v) is 8.41. The second kappa shape index (κ2) is 11.1. The van der Waals surface area contributed by atoms with Crippen LogP contribution in [0.4, 0.5) is 10.5 Å². The Morgan fingerprint density at radius 3 is 2.21 bits per heavy atom. The largest absolute Gasteiger partial charge is 0.480 e. The number of aryl methyl sites for hydroxylation is 1. The van der Waals surface area contributed by atoms with Gasteiger partial charge < -0.3 is 20.1 Å². The molecule has 7 heteroatoms. The van der Waals surface area contributed by atoms with E-state index in [2.05, 4.69) is 17.4 Å². The maximum atomic E-state index is 12.5. The number of hydrogen-bond acceptors (Lipinski definition) is 4. The van der Waals surface area contributed by atoms with Gasteiger partial charge in [-0.1, -0.05) is 60.7 Å². The second-order valence-electron chi connectivity index (χ2n) is 8.41. The molecule has 0 fully saturated rings. The van der Waals surface area contributed by atoms with Crippen molar-refractivity contribution in [3.8, 4) is 11.1 Å². The van der Waals surface area contributed by atoms with E-state index in [0.717, 1.165) is 33.5 Å². The van der Waals surface area contributed by atoms with Crippen molar-refractivity contribution in [1.82, 2.24) is 5.32 Å². The number of rotatable bonds is 8. The summed E-state index contributed by atoms with van der Waals surface area (Å²) < 4.78 is 5.50. The standard InChI is InChI=1S/C27H28N2O4.ClH/c1-18-8-7-9-19(16-18)29(2)15-14-25(26(30)31)28-27(32)33-17-24-22-12-5-3-10-20(22)21-11-4-6-13-23(21)24;/h3-13,16,24-25H,14-15,17H2,1-2H3,(H,28,32)(H,30,31);1H/t25-;/m0./s1. The van der Waals surface area contributed by atoms with Crippen LogP contribution in [-0.4, -0.2) is 43.4 Å². The summed E-state index contributed by atoms with van der Waals surface area (Å²) in [7, 11) is 1.90. The number of hydrogen-bond donors (Lipinski definition) is 2. The number of carboxylic acid groups (broad SMARTS) is 1. The minimum absolute atomic E-state index is 0. The van der Waals surface area contributed by atoms with Crippen molar-refractivity contribution in [2.24, 2.45) is 0 Å². The Bertz CT molecular complexity index is 1120. The lowest BCUT2D eigenvalue weighted by molar-refractivity contribution is -0.139. The van der Waals surface area contributed by atoms with Gasteiger partial charge in [-0.3, -0.25) is 0 Å². The van der Waals surface area contributed by atoms with Crippen molar-refractivity contribution < 1.29 is 19.4 Å². The molecule has 1 amide bonds. The van der Waals surface area contributed by atoms with Crippen LogP contribution in [0.5, 0.6) is 0 Å². The van der Waals surface area contributed by atoms with Crippen molar-refractivity contribution in [3.05, 3.63) is 89.5 Å². The molecule has 0 heterocycles. The number of amides is 1. The topological polar surface area (TPSA) is 78.9 Å². The van der Waals surface area contributed by atoms with Crippen LogP contribution in [0.2, 0.25) is 0 Å². The molecule has 3 aromatic rings. The Morgan fingerprint density at radius 2 is 1.62 bits per heavy atom. The minimum Gasteiger partial charge on any atom is -0.480 e. The number of nitrogens with one attached hydrogen (secondary N) is 1. The lowest BCUT2D eigenvalue weighted by Crippen LogP contribution is -2.43. The molecule has 178 valence electrons. The summed E-state index contributed by atoms with van der Waals surface area (Å²) in [6, 6.07) is 23.1. The number of benzene rings is 3. The normalized spacial score (nSPS) is 12.6. The summed E-state index contributed by atoms with van der Waals surface area (Å²) in [6.07, 6.45) is -0.466. The fraction of sp³-hybridized carbons (Fsp3) is 0.259. The summed E-state index contributed by atoms with van der Waals surface area (Å²) in [4.78, 5) is 26.2. The molecule has 0 radical (unpaired) electrons. The number of anilines is 1. The fourth-order valence-corrected chi connectivity index (χ4v) is 4.36. The maximum Gasteiger partial charge on any atom is 0.407 e. The molecule has 0 unspecified atom stereocenters. The van der Waals surface area contributed by atoms with Gasteiger partial charge in [0.2, 0.25) is 0 Å². The molecule has 0 bridgehead atoms. The molecule has 2 N–H and O–H groups in total. The molecule has 0 saturated heterocycles. The van der Waals surface area contributed by atoms with Crippen LogP contribution in [0.3, 0.4) is 0 Å². The van der Waals surface area contributed by atoms with Gasteiger partial charge in [-0.25, -0.2) is 9.59 Å². The van der Waals surface area contributed by atoms with E-state index < -0.39 is 18.1 Å². The van der Waals surface area contributed by atoms with Crippen molar-refractivity contribution in [2.75, 3.05) is 25.1 Å². The van der Waals surface area contributed by atoms with Gasteiger partial charge in [0.15, 0.2) is 0 Å². The molecule has 1 aliphatic rings. The van der Waals surface area contributed by atoms with Gasteiger partial charge in [-0.2, -0.15) is 0 Å². The zero-order valence-corrected chi connectivity index (χ0v) is 20.0. The summed E-state index contributed by atoms with van der Waals surface area (Å²) >= 11 is 0. The van der Waals surface area contributed by atoms with Crippen LogP contribution in [-0.2, 0) is 9.53 Å². The third-order valence-electron chi connectivity index (χ3n) is 6.13. The van der Waals surface area contributed by atoms with Crippen LogP contribution < -0.4 is 10.2 Å². The van der Waals surface area contributed by atoms with Crippen LogP contribution in [0.1, 0.15) is 29.0 Å². The first-order chi connectivity index (χ1) is 15.9. The monoisotopic (exact) mass is 480 g/mol. The number of halogens is 1. The zero-order chi connectivity index (χ0) is 23.4. The molecule has 4 rings (SSSR count). The third-order valence-corrected chi connectivity index (χ3v) is 6.13. The smallest absolute Gasteiger partial charge is 0.407 e. The van der Waals surface area contributed by atoms with Crippen molar-refractivity contribution >= 4 is 30.2 Å². The number of ether oxygens (including phenoxy) is 1. The average molecular weight is 481 g/mol. The summed E-state index contributed by atoms with van der Waals surface area (Å²) in [5.41, 5.74) is 6.64. The molecular weight excluding hydrogens is 452 g/mol. The Kier molecular flexibility index (Phi) is 8.18. The van der Waals surface area contributed by atoms with E-state index in [1.807, 2.05) is 79.5 Å². The highest BCUT2D eigenvalue weighted by Gasteiger charge is 2.29. The van der Waals surface area contributed by atoms with Gasteiger partial charge >= 0.3 is 12.1 Å². The van der Waals surface area contributed by atoms with Crippen molar-refractivity contribution in [1.29, 1.82) is 0 Å². The van der Waals surface area contributed by atoms with Gasteiger partial charge in [-0.15, -0.1) is 12.4 Å². The quantitative estimate of drug-likeness (QED) is 0.461. The predicted octanol–water partition coefficient (Wildman–Crippen LogP) is 5.24. The lowest BCUT2D eigenvalue weighted by atomic mass is 9.98. The van der Waals surface area contributed by atoms with E-state index in [-0.39, 0.29) is 31.4 Å². The van der Waals surface area contributed by atoms with E-state index in [9.17, 15) is 14.7 Å². The fourth-order valence-electron chi connectivity index (χ4n) is 4.36. The molecule has 0 aliphatic heterocycles. The van der Waals surface area contributed by atoms with E-state index >= 15 is 0 Å². The van der Waals surface area contributed by atoms with Crippen molar-refractivity contribution in [3.63, 3.8) is 0 Å². The van der Waals surface area contributed by atoms with E-state index in [0.29, 0.717) is 6.54 Å². The van der Waals surface area contributed by atoms with E-state index in [1.165, 1.54) is 0 Å². The molecule has 34 heavy (non-hydrogen) atoms. The number of aliphatic carboxylic acids is 1. The number of alkyl carbamates (subject to hydrolysis) is 1. The van der Waals surface area contributed by atoms with Gasteiger partial charge in [0, 0.05) is 25.2 Å². The predicted molar refractivity (Wildman–Crippen MR) is 136 cm³/mol. The van der Waals surface area contributed by atoms with Gasteiger partial charge in [0.05, 0.1) is 0 Å². The Hall–Kier alpha value is -3.51. The van der Waals surface area contributed by atoms with Crippen LogP contribution in [0.15, 0.2) is 72.8 Å². The SMILES string of the molecule is Cc1cccc(N(C)CC[C@H](NC(=O)OCC2c3ccccc3-c3ccccc32)C(=O)O)c1.Cl. The highest BCUT2D eigenvalue weighted by atomic mass is 35.5. The van der Waals surface area contributed by atoms with E-state index in [1.54, 1.807) is 0 Å². The molecule has 0 aromatic heterocycles. The van der Waals surface area contributed by atoms with Crippen LogP contribution >= 0.6 is 12.4 Å². The highest BCUT2D eigenvalue weighted by molar-refractivity contribution is 5.85. The molecule has 0 saturated carbocycles.